The van der Waals surface area contributed by atoms with Crippen molar-refractivity contribution >= 4 is 0 Å². The van der Waals surface area contributed by atoms with E-state index in [1.165, 1.54) is 0 Å². The monoisotopic (exact) mass is 205 g/mol. The summed E-state index contributed by atoms with van der Waals surface area (Å²) in [6, 6.07) is 3.90. The molecule has 4 heteroatoms. The zero-order valence-corrected chi connectivity index (χ0v) is 9.32. The number of hydrogen-bond donors (Lipinski definition) is 0. The molecule has 0 aliphatic carbocycles. The second-order valence-corrected chi connectivity index (χ2v) is 3.57. The summed E-state index contributed by atoms with van der Waals surface area (Å²) in [5, 5.41) is 8.93. The number of pyridine rings is 1. The van der Waals surface area contributed by atoms with Crippen molar-refractivity contribution in [2.75, 3.05) is 27.2 Å². The summed E-state index contributed by atoms with van der Waals surface area (Å²) >= 11 is 0. The molecule has 0 N–H and O–H groups in total. The number of nitriles is 1. The number of ether oxygens (including phenoxy) is 1. The third-order valence-corrected chi connectivity index (χ3v) is 2.01. The molecule has 0 unspecified atom stereocenters. The van der Waals surface area contributed by atoms with Crippen molar-refractivity contribution in [3.8, 4) is 11.9 Å². The fourth-order valence-corrected chi connectivity index (χ4v) is 1.10. The number of rotatable bonds is 4. The van der Waals surface area contributed by atoms with Gasteiger partial charge in [-0.3, -0.25) is 0 Å². The largest absolute Gasteiger partial charge is 0.475 e. The zero-order chi connectivity index (χ0) is 11.3. The average Bonchev–Trinajstić information content (AvgIpc) is 2.17. The summed E-state index contributed by atoms with van der Waals surface area (Å²) in [6.45, 7) is 3.22. The molecule has 0 fully saturated rings. The Morgan fingerprint density at radius 2 is 2.27 bits per heavy atom. The van der Waals surface area contributed by atoms with E-state index in [1.54, 1.807) is 12.3 Å². The van der Waals surface area contributed by atoms with E-state index in [0.717, 1.165) is 12.1 Å². The summed E-state index contributed by atoms with van der Waals surface area (Å²) in [4.78, 5) is 6.06. The van der Waals surface area contributed by atoms with Gasteiger partial charge in [0.05, 0.1) is 0 Å². The third kappa shape index (κ3) is 3.22. The Bertz CT molecular complexity index is 369. The van der Waals surface area contributed by atoms with Gasteiger partial charge in [-0.15, -0.1) is 0 Å². The Morgan fingerprint density at radius 3 is 2.87 bits per heavy atom. The molecule has 1 rings (SSSR count). The second-order valence-electron chi connectivity index (χ2n) is 3.57. The molecule has 0 radical (unpaired) electrons. The molecule has 0 aliphatic rings. The predicted molar refractivity (Wildman–Crippen MR) is 57.7 cm³/mol. The smallest absolute Gasteiger partial charge is 0.231 e. The standard InChI is InChI=1S/C11H15N3O/c1-9-4-5-13-11(10(9)8-12)15-7-6-14(2)3/h4-5H,6-7H2,1-3H3. The molecule has 0 saturated carbocycles. The summed E-state index contributed by atoms with van der Waals surface area (Å²) in [6.07, 6.45) is 1.65. The van der Waals surface area contributed by atoms with Crippen LogP contribution in [0.15, 0.2) is 12.3 Å². The van der Waals surface area contributed by atoms with Gasteiger partial charge >= 0.3 is 0 Å². The van der Waals surface area contributed by atoms with Gasteiger partial charge in [0.15, 0.2) is 0 Å². The summed E-state index contributed by atoms with van der Waals surface area (Å²) in [5.74, 6) is 0.430. The Balaban J connectivity index is 2.69. The molecule has 4 nitrogen and oxygen atoms in total. The molecule has 0 aliphatic heterocycles. The van der Waals surface area contributed by atoms with E-state index >= 15 is 0 Å². The van der Waals surface area contributed by atoms with E-state index in [2.05, 4.69) is 11.1 Å². The van der Waals surface area contributed by atoms with Crippen LogP contribution in [0.2, 0.25) is 0 Å². The predicted octanol–water partition coefficient (Wildman–Crippen LogP) is 1.20. The van der Waals surface area contributed by atoms with Crippen LogP contribution >= 0.6 is 0 Å². The normalized spacial score (nSPS) is 10.1. The van der Waals surface area contributed by atoms with E-state index in [-0.39, 0.29) is 0 Å². The lowest BCUT2D eigenvalue weighted by atomic mass is 10.2. The van der Waals surface area contributed by atoms with Gasteiger partial charge < -0.3 is 9.64 Å². The highest BCUT2D eigenvalue weighted by molar-refractivity contribution is 5.43. The lowest BCUT2D eigenvalue weighted by Gasteiger charge is -2.11. The van der Waals surface area contributed by atoms with Crippen LogP contribution < -0.4 is 4.74 Å². The molecule has 80 valence electrons. The van der Waals surface area contributed by atoms with E-state index in [9.17, 15) is 0 Å². The van der Waals surface area contributed by atoms with Gasteiger partial charge in [-0.25, -0.2) is 4.98 Å². The van der Waals surface area contributed by atoms with Crippen molar-refractivity contribution in [1.29, 1.82) is 5.26 Å². The van der Waals surface area contributed by atoms with Crippen LogP contribution in [-0.2, 0) is 0 Å². The first-order valence-corrected chi connectivity index (χ1v) is 4.78. The topological polar surface area (TPSA) is 49.1 Å². The van der Waals surface area contributed by atoms with Crippen LogP contribution in [0, 0.1) is 18.3 Å². The molecule has 0 aromatic carbocycles. The molecule has 1 aromatic heterocycles. The first-order chi connectivity index (χ1) is 7.15. The molecular weight excluding hydrogens is 190 g/mol. The van der Waals surface area contributed by atoms with E-state index in [4.69, 9.17) is 10.00 Å². The van der Waals surface area contributed by atoms with Crippen molar-refractivity contribution in [2.24, 2.45) is 0 Å². The van der Waals surface area contributed by atoms with Gasteiger partial charge in [0.1, 0.15) is 18.2 Å². The van der Waals surface area contributed by atoms with Crippen molar-refractivity contribution in [3.05, 3.63) is 23.4 Å². The SMILES string of the molecule is Cc1ccnc(OCCN(C)C)c1C#N. The van der Waals surface area contributed by atoms with Gasteiger partial charge in [-0.2, -0.15) is 5.26 Å². The first-order valence-electron chi connectivity index (χ1n) is 4.78. The fraction of sp³-hybridized carbons (Fsp3) is 0.455. The molecule has 0 saturated heterocycles. The summed E-state index contributed by atoms with van der Waals surface area (Å²) in [7, 11) is 3.94. The minimum Gasteiger partial charge on any atom is -0.475 e. The highest BCUT2D eigenvalue weighted by atomic mass is 16.5. The first kappa shape index (κ1) is 11.5. The van der Waals surface area contributed by atoms with Crippen LogP contribution in [0.25, 0.3) is 0 Å². The fourth-order valence-electron chi connectivity index (χ4n) is 1.10. The minimum atomic E-state index is 0.430. The molecule has 1 aromatic rings. The number of nitrogens with zero attached hydrogens (tertiary/aromatic N) is 3. The highest BCUT2D eigenvalue weighted by Crippen LogP contribution is 2.17. The number of aryl methyl sites for hydroxylation is 1. The molecule has 1 heterocycles. The Hall–Kier alpha value is -1.60. The van der Waals surface area contributed by atoms with Crippen LogP contribution in [0.4, 0.5) is 0 Å². The number of hydrogen-bond acceptors (Lipinski definition) is 4. The van der Waals surface area contributed by atoms with Crippen LogP contribution in [-0.4, -0.2) is 37.1 Å². The maximum atomic E-state index is 8.93. The maximum absolute atomic E-state index is 8.93. The lowest BCUT2D eigenvalue weighted by Crippen LogP contribution is -2.20. The zero-order valence-electron chi connectivity index (χ0n) is 9.32. The van der Waals surface area contributed by atoms with Crippen molar-refractivity contribution in [1.82, 2.24) is 9.88 Å². The third-order valence-electron chi connectivity index (χ3n) is 2.01. The molecule has 0 spiro atoms. The van der Waals surface area contributed by atoms with E-state index < -0.39 is 0 Å². The molecular formula is C11H15N3O. The van der Waals surface area contributed by atoms with Gasteiger partial charge in [0, 0.05) is 12.7 Å². The quantitative estimate of drug-likeness (QED) is 0.741. The Morgan fingerprint density at radius 1 is 1.53 bits per heavy atom. The summed E-state index contributed by atoms with van der Waals surface area (Å²) in [5.41, 5.74) is 1.42. The molecule has 0 amide bonds. The van der Waals surface area contributed by atoms with Crippen LogP contribution in [0.3, 0.4) is 0 Å². The summed E-state index contributed by atoms with van der Waals surface area (Å²) < 4.78 is 5.44. The number of likely N-dealkylation sites (N-methyl/N-ethyl adjacent to an activating group) is 1. The number of aromatic nitrogens is 1. The molecule has 0 bridgehead atoms. The van der Waals surface area contributed by atoms with Crippen LogP contribution in [0.5, 0.6) is 5.88 Å². The van der Waals surface area contributed by atoms with E-state index in [0.29, 0.717) is 18.1 Å². The highest BCUT2D eigenvalue weighted by Gasteiger charge is 2.07. The van der Waals surface area contributed by atoms with Crippen molar-refractivity contribution in [2.45, 2.75) is 6.92 Å². The lowest BCUT2D eigenvalue weighted by molar-refractivity contribution is 0.253. The van der Waals surface area contributed by atoms with Gasteiger partial charge in [0.2, 0.25) is 5.88 Å². The van der Waals surface area contributed by atoms with Crippen LogP contribution in [0.1, 0.15) is 11.1 Å². The molecule has 15 heavy (non-hydrogen) atoms. The Labute approximate surface area is 90.1 Å². The van der Waals surface area contributed by atoms with E-state index in [1.807, 2.05) is 25.9 Å². The second kappa shape index (κ2) is 5.32. The Kier molecular flexibility index (Phi) is 4.07. The molecule has 0 atom stereocenters. The average molecular weight is 205 g/mol. The van der Waals surface area contributed by atoms with Gasteiger partial charge in [0.25, 0.3) is 0 Å². The van der Waals surface area contributed by atoms with Crippen molar-refractivity contribution < 1.29 is 4.74 Å². The minimum absolute atomic E-state index is 0.430. The van der Waals surface area contributed by atoms with Crippen molar-refractivity contribution in [3.63, 3.8) is 0 Å². The maximum Gasteiger partial charge on any atom is 0.231 e. The van der Waals surface area contributed by atoms with Gasteiger partial charge in [-0.1, -0.05) is 0 Å². The van der Waals surface area contributed by atoms with Gasteiger partial charge in [-0.05, 0) is 32.6 Å².